The predicted octanol–water partition coefficient (Wildman–Crippen LogP) is 4.68. The van der Waals surface area contributed by atoms with Gasteiger partial charge in [-0.1, -0.05) is 36.4 Å². The lowest BCUT2D eigenvalue weighted by Gasteiger charge is -2.36. The quantitative estimate of drug-likeness (QED) is 0.541. The van der Waals surface area contributed by atoms with Crippen molar-refractivity contribution in [2.75, 3.05) is 13.1 Å². The van der Waals surface area contributed by atoms with Gasteiger partial charge in [0.2, 0.25) is 0 Å². The van der Waals surface area contributed by atoms with Crippen molar-refractivity contribution in [1.82, 2.24) is 9.88 Å². The van der Waals surface area contributed by atoms with Crippen LogP contribution in [0.1, 0.15) is 5.56 Å². The second-order valence-electron chi connectivity index (χ2n) is 7.53. The minimum Gasteiger partial charge on any atom is -0.481 e. The number of carbonyl (C=O) groups is 1. The van der Waals surface area contributed by atoms with Gasteiger partial charge < -0.3 is 9.52 Å². The SMILES string of the molecule is O=C(O)C1CN(Cc2ccc(-c3cc4cc(-c5cccnc5)ccc4o3)cc2)C1. The van der Waals surface area contributed by atoms with Crippen molar-refractivity contribution in [1.29, 1.82) is 0 Å². The molecular formula is C24H20N2O3. The summed E-state index contributed by atoms with van der Waals surface area (Å²) < 4.78 is 6.05. The summed E-state index contributed by atoms with van der Waals surface area (Å²) in [5, 5.41) is 10.0. The molecule has 0 unspecified atom stereocenters. The molecule has 5 heteroatoms. The largest absolute Gasteiger partial charge is 0.481 e. The molecule has 0 atom stereocenters. The highest BCUT2D eigenvalue weighted by Crippen LogP contribution is 2.31. The molecule has 2 aromatic carbocycles. The number of aromatic nitrogens is 1. The Hall–Kier alpha value is -3.44. The number of rotatable bonds is 5. The third-order valence-corrected chi connectivity index (χ3v) is 5.46. The van der Waals surface area contributed by atoms with Crippen LogP contribution in [0.15, 0.2) is 77.5 Å². The maximum Gasteiger partial charge on any atom is 0.309 e. The molecular weight excluding hydrogens is 364 g/mol. The van der Waals surface area contributed by atoms with Gasteiger partial charge in [0.15, 0.2) is 0 Å². The van der Waals surface area contributed by atoms with Crippen LogP contribution in [0.4, 0.5) is 0 Å². The van der Waals surface area contributed by atoms with Crippen molar-refractivity contribution in [3.63, 3.8) is 0 Å². The van der Waals surface area contributed by atoms with E-state index in [2.05, 4.69) is 46.3 Å². The fourth-order valence-electron chi connectivity index (χ4n) is 3.79. The van der Waals surface area contributed by atoms with E-state index in [9.17, 15) is 4.79 Å². The minimum atomic E-state index is -0.701. The molecule has 1 aliphatic heterocycles. The predicted molar refractivity (Wildman–Crippen MR) is 111 cm³/mol. The zero-order valence-electron chi connectivity index (χ0n) is 15.8. The lowest BCUT2D eigenvalue weighted by molar-refractivity contribution is -0.147. The zero-order chi connectivity index (χ0) is 19.8. The Balaban J connectivity index is 1.33. The first kappa shape index (κ1) is 17.6. The summed E-state index contributed by atoms with van der Waals surface area (Å²) in [6, 6.07) is 20.5. The molecule has 29 heavy (non-hydrogen) atoms. The highest BCUT2D eigenvalue weighted by Gasteiger charge is 2.32. The number of aliphatic carboxylic acids is 1. The van der Waals surface area contributed by atoms with E-state index in [1.807, 2.05) is 30.5 Å². The van der Waals surface area contributed by atoms with Gasteiger partial charge in [0.1, 0.15) is 11.3 Å². The zero-order valence-corrected chi connectivity index (χ0v) is 15.8. The second kappa shape index (κ2) is 7.18. The van der Waals surface area contributed by atoms with Crippen molar-refractivity contribution in [3.05, 3.63) is 78.6 Å². The maximum atomic E-state index is 10.9. The van der Waals surface area contributed by atoms with Gasteiger partial charge in [-0.15, -0.1) is 0 Å². The van der Waals surface area contributed by atoms with Crippen LogP contribution < -0.4 is 0 Å². The molecule has 2 aromatic heterocycles. The number of nitrogens with zero attached hydrogens (tertiary/aromatic N) is 2. The third kappa shape index (κ3) is 3.52. The molecule has 5 nitrogen and oxygen atoms in total. The molecule has 5 rings (SSSR count). The monoisotopic (exact) mass is 384 g/mol. The van der Waals surface area contributed by atoms with Gasteiger partial charge in [0.05, 0.1) is 5.92 Å². The fraction of sp³-hybridized carbons (Fsp3) is 0.167. The van der Waals surface area contributed by atoms with E-state index in [0.29, 0.717) is 13.1 Å². The number of benzene rings is 2. The van der Waals surface area contributed by atoms with Crippen LogP contribution in [0.5, 0.6) is 0 Å². The van der Waals surface area contributed by atoms with Gasteiger partial charge in [-0.2, -0.15) is 0 Å². The Labute approximate surface area is 168 Å². The van der Waals surface area contributed by atoms with Gasteiger partial charge in [0, 0.05) is 48.5 Å². The molecule has 3 heterocycles. The van der Waals surface area contributed by atoms with Crippen molar-refractivity contribution in [2.45, 2.75) is 6.54 Å². The van der Waals surface area contributed by atoms with Gasteiger partial charge in [-0.25, -0.2) is 0 Å². The van der Waals surface area contributed by atoms with Gasteiger partial charge >= 0.3 is 5.97 Å². The molecule has 1 N–H and O–H groups in total. The summed E-state index contributed by atoms with van der Waals surface area (Å²) in [5.74, 6) is -0.0840. The Bertz CT molecular complexity index is 1160. The second-order valence-corrected chi connectivity index (χ2v) is 7.53. The summed E-state index contributed by atoms with van der Waals surface area (Å²) in [6.07, 6.45) is 3.63. The van der Waals surface area contributed by atoms with E-state index in [1.54, 1.807) is 6.20 Å². The summed E-state index contributed by atoms with van der Waals surface area (Å²) in [7, 11) is 0. The molecule has 144 valence electrons. The third-order valence-electron chi connectivity index (χ3n) is 5.46. The average molecular weight is 384 g/mol. The van der Waals surface area contributed by atoms with Gasteiger partial charge in [0.25, 0.3) is 0 Å². The van der Waals surface area contributed by atoms with E-state index in [4.69, 9.17) is 9.52 Å². The minimum absolute atomic E-state index is 0.221. The Morgan fingerprint density at radius 3 is 2.55 bits per heavy atom. The molecule has 0 radical (unpaired) electrons. The summed E-state index contributed by atoms with van der Waals surface area (Å²) in [6.45, 7) is 2.03. The van der Waals surface area contributed by atoms with E-state index >= 15 is 0 Å². The number of furan rings is 1. The van der Waals surface area contributed by atoms with Crippen molar-refractivity contribution in [2.24, 2.45) is 5.92 Å². The number of carboxylic acid groups (broad SMARTS) is 1. The highest BCUT2D eigenvalue weighted by atomic mass is 16.4. The Morgan fingerprint density at radius 1 is 1.03 bits per heavy atom. The molecule has 4 aromatic rings. The lowest BCUT2D eigenvalue weighted by Crippen LogP contribution is -2.49. The number of hydrogen-bond donors (Lipinski definition) is 1. The number of fused-ring (bicyclic) bond motifs is 1. The first-order valence-electron chi connectivity index (χ1n) is 9.64. The van der Waals surface area contributed by atoms with Crippen LogP contribution in [0.25, 0.3) is 33.4 Å². The molecule has 0 bridgehead atoms. The fourth-order valence-corrected chi connectivity index (χ4v) is 3.79. The van der Waals surface area contributed by atoms with Gasteiger partial charge in [-0.3, -0.25) is 14.7 Å². The summed E-state index contributed by atoms with van der Waals surface area (Å²) >= 11 is 0. The van der Waals surface area contributed by atoms with Crippen molar-refractivity contribution >= 4 is 16.9 Å². The van der Waals surface area contributed by atoms with Crippen LogP contribution in [0.3, 0.4) is 0 Å². The van der Waals surface area contributed by atoms with Crippen LogP contribution >= 0.6 is 0 Å². The average Bonchev–Trinajstić information content (AvgIpc) is 3.14. The van der Waals surface area contributed by atoms with Crippen molar-refractivity contribution in [3.8, 4) is 22.5 Å². The van der Waals surface area contributed by atoms with Crippen LogP contribution in [0.2, 0.25) is 0 Å². The first-order valence-corrected chi connectivity index (χ1v) is 9.64. The number of likely N-dealkylation sites (tertiary alicyclic amines) is 1. The summed E-state index contributed by atoms with van der Waals surface area (Å²) in [5.41, 5.74) is 5.25. The van der Waals surface area contributed by atoms with E-state index < -0.39 is 5.97 Å². The smallest absolute Gasteiger partial charge is 0.309 e. The van der Waals surface area contributed by atoms with Crippen LogP contribution in [0, 0.1) is 5.92 Å². The molecule has 0 amide bonds. The Kier molecular flexibility index (Phi) is 4.37. The molecule has 0 spiro atoms. The van der Waals surface area contributed by atoms with E-state index in [-0.39, 0.29) is 5.92 Å². The normalized spacial score (nSPS) is 14.8. The topological polar surface area (TPSA) is 66.6 Å². The molecule has 1 saturated heterocycles. The Morgan fingerprint density at radius 2 is 1.83 bits per heavy atom. The molecule has 1 fully saturated rings. The van der Waals surface area contributed by atoms with E-state index in [1.165, 1.54) is 5.56 Å². The maximum absolute atomic E-state index is 10.9. The van der Waals surface area contributed by atoms with Crippen LogP contribution in [-0.4, -0.2) is 34.0 Å². The standard InChI is InChI=1S/C24H20N2O3/c27-24(28)21-14-26(15-21)13-16-3-5-17(6-4-16)23-11-20-10-18(7-8-22(20)29-23)19-2-1-9-25-12-19/h1-12,21H,13-15H2,(H,27,28). The molecule has 1 aliphatic rings. The molecule has 0 aliphatic carbocycles. The first-order chi connectivity index (χ1) is 14.2. The van der Waals surface area contributed by atoms with E-state index in [0.717, 1.165) is 40.0 Å². The highest BCUT2D eigenvalue weighted by molar-refractivity contribution is 5.87. The number of hydrogen-bond acceptors (Lipinski definition) is 4. The van der Waals surface area contributed by atoms with Crippen molar-refractivity contribution < 1.29 is 14.3 Å². The molecule has 0 saturated carbocycles. The number of pyridine rings is 1. The lowest BCUT2D eigenvalue weighted by atomic mass is 9.99. The number of carboxylic acids is 1. The summed E-state index contributed by atoms with van der Waals surface area (Å²) in [4.78, 5) is 17.3. The van der Waals surface area contributed by atoms with Crippen LogP contribution in [-0.2, 0) is 11.3 Å². The van der Waals surface area contributed by atoms with Gasteiger partial charge in [-0.05, 0) is 35.4 Å².